The molecule has 0 bridgehead atoms. The quantitative estimate of drug-likeness (QED) is 0.873. The van der Waals surface area contributed by atoms with Crippen LogP contribution < -0.4 is 5.32 Å². The van der Waals surface area contributed by atoms with Crippen LogP contribution in [0.15, 0.2) is 42.5 Å². The summed E-state index contributed by atoms with van der Waals surface area (Å²) in [6.45, 7) is 0. The maximum Gasteiger partial charge on any atom is 0.416 e. The van der Waals surface area contributed by atoms with Crippen molar-refractivity contribution in [1.29, 1.82) is 0 Å². The number of benzene rings is 2. The van der Waals surface area contributed by atoms with Crippen LogP contribution in [0.3, 0.4) is 0 Å². The summed E-state index contributed by atoms with van der Waals surface area (Å²) < 4.78 is 37.5. The molecular weight excluding hydrogens is 291 g/mol. The fourth-order valence-electron chi connectivity index (χ4n) is 2.66. The van der Waals surface area contributed by atoms with Crippen LogP contribution in [-0.2, 0) is 19.0 Å². The van der Waals surface area contributed by atoms with Gasteiger partial charge in [0, 0.05) is 11.3 Å². The van der Waals surface area contributed by atoms with Crippen molar-refractivity contribution in [2.45, 2.75) is 25.4 Å². The lowest BCUT2D eigenvalue weighted by Gasteiger charge is -2.09. The molecule has 3 rings (SSSR count). The van der Waals surface area contributed by atoms with Gasteiger partial charge in [-0.2, -0.15) is 13.2 Å². The van der Waals surface area contributed by atoms with E-state index in [1.54, 1.807) is 0 Å². The summed E-state index contributed by atoms with van der Waals surface area (Å²) in [6.07, 6.45) is -1.22. The number of carbonyl (C=O) groups is 1. The largest absolute Gasteiger partial charge is 0.416 e. The van der Waals surface area contributed by atoms with Crippen molar-refractivity contribution in [2.75, 3.05) is 5.32 Å². The molecule has 0 unspecified atom stereocenters. The molecule has 0 saturated carbocycles. The topological polar surface area (TPSA) is 29.1 Å². The highest BCUT2D eigenvalue weighted by Gasteiger charge is 2.30. The second-order valence-electron chi connectivity index (χ2n) is 5.37. The van der Waals surface area contributed by atoms with Gasteiger partial charge in [-0.1, -0.05) is 6.07 Å². The molecule has 2 aromatic carbocycles. The van der Waals surface area contributed by atoms with Gasteiger partial charge in [-0.3, -0.25) is 4.79 Å². The highest BCUT2D eigenvalue weighted by molar-refractivity contribution is 6.04. The molecule has 1 N–H and O–H groups in total. The second-order valence-corrected chi connectivity index (χ2v) is 5.37. The third-order valence-electron chi connectivity index (χ3n) is 3.83. The molecule has 0 aliphatic heterocycles. The Morgan fingerprint density at radius 2 is 1.64 bits per heavy atom. The molecule has 0 radical (unpaired) electrons. The minimum Gasteiger partial charge on any atom is -0.322 e. The molecule has 0 aromatic heterocycles. The van der Waals surface area contributed by atoms with E-state index in [1.807, 2.05) is 18.2 Å². The Kier molecular flexibility index (Phi) is 3.64. The third kappa shape index (κ3) is 2.98. The zero-order valence-electron chi connectivity index (χ0n) is 11.7. The fourth-order valence-corrected chi connectivity index (χ4v) is 2.66. The Morgan fingerprint density at radius 1 is 0.955 bits per heavy atom. The number of alkyl halides is 3. The molecule has 2 aromatic rings. The van der Waals surface area contributed by atoms with E-state index in [-0.39, 0.29) is 5.56 Å². The lowest BCUT2D eigenvalue weighted by atomic mass is 10.1. The normalized spacial score (nSPS) is 13.8. The van der Waals surface area contributed by atoms with Gasteiger partial charge < -0.3 is 5.32 Å². The molecular formula is C17H14F3NO. The Morgan fingerprint density at radius 3 is 2.32 bits per heavy atom. The highest BCUT2D eigenvalue weighted by atomic mass is 19.4. The fraction of sp³-hybridized carbons (Fsp3) is 0.235. The zero-order chi connectivity index (χ0) is 15.7. The maximum absolute atomic E-state index is 12.5. The van der Waals surface area contributed by atoms with E-state index in [2.05, 4.69) is 5.32 Å². The number of halogens is 3. The molecule has 1 amide bonds. The van der Waals surface area contributed by atoms with Gasteiger partial charge in [0.05, 0.1) is 5.56 Å². The van der Waals surface area contributed by atoms with Gasteiger partial charge in [-0.25, -0.2) is 0 Å². The van der Waals surface area contributed by atoms with Crippen molar-refractivity contribution in [3.05, 3.63) is 64.7 Å². The van der Waals surface area contributed by atoms with Crippen LogP contribution in [0.5, 0.6) is 0 Å². The highest BCUT2D eigenvalue weighted by Crippen LogP contribution is 2.29. The van der Waals surface area contributed by atoms with Crippen LogP contribution >= 0.6 is 0 Å². The van der Waals surface area contributed by atoms with E-state index in [0.717, 1.165) is 31.4 Å². The standard InChI is InChI=1S/C17H14F3NO/c18-17(19,20)14-7-4-12(5-8-14)16(22)21-15-9-6-11-2-1-3-13(11)10-15/h4-10H,1-3H2,(H,21,22). The number of carbonyl (C=O) groups excluding carboxylic acids is 1. The van der Waals surface area contributed by atoms with E-state index in [1.165, 1.54) is 23.3 Å². The summed E-state index contributed by atoms with van der Waals surface area (Å²) in [7, 11) is 0. The van der Waals surface area contributed by atoms with E-state index in [4.69, 9.17) is 0 Å². The summed E-state index contributed by atoms with van der Waals surface area (Å²) in [5.41, 5.74) is 2.64. The van der Waals surface area contributed by atoms with Gasteiger partial charge in [0.1, 0.15) is 0 Å². The molecule has 2 nitrogen and oxygen atoms in total. The SMILES string of the molecule is O=C(Nc1ccc2c(c1)CCC2)c1ccc(C(F)(F)F)cc1. The number of aryl methyl sites for hydroxylation is 2. The average molecular weight is 305 g/mol. The number of hydrogen-bond acceptors (Lipinski definition) is 1. The smallest absolute Gasteiger partial charge is 0.322 e. The number of nitrogens with one attached hydrogen (secondary N) is 1. The molecule has 0 spiro atoms. The molecule has 0 saturated heterocycles. The summed E-state index contributed by atoms with van der Waals surface area (Å²) in [4.78, 5) is 12.1. The van der Waals surface area contributed by atoms with Crippen LogP contribution in [0.25, 0.3) is 0 Å². The maximum atomic E-state index is 12.5. The Bertz CT molecular complexity index is 705. The van der Waals surface area contributed by atoms with E-state index >= 15 is 0 Å². The summed E-state index contributed by atoms with van der Waals surface area (Å²) in [6, 6.07) is 9.95. The molecule has 1 aliphatic rings. The van der Waals surface area contributed by atoms with Gasteiger partial charge in [0.15, 0.2) is 0 Å². The Labute approximate surface area is 126 Å². The third-order valence-corrected chi connectivity index (χ3v) is 3.83. The summed E-state index contributed by atoms with van der Waals surface area (Å²) >= 11 is 0. The molecule has 22 heavy (non-hydrogen) atoms. The Balaban J connectivity index is 1.74. The van der Waals surface area contributed by atoms with Crippen molar-refractivity contribution in [2.24, 2.45) is 0 Å². The predicted molar refractivity (Wildman–Crippen MR) is 77.9 cm³/mol. The van der Waals surface area contributed by atoms with Gasteiger partial charge >= 0.3 is 6.18 Å². The van der Waals surface area contributed by atoms with Crippen molar-refractivity contribution < 1.29 is 18.0 Å². The number of fused-ring (bicyclic) bond motifs is 1. The molecule has 1 aliphatic carbocycles. The molecule has 0 atom stereocenters. The Hall–Kier alpha value is -2.30. The van der Waals surface area contributed by atoms with Crippen molar-refractivity contribution in [3.8, 4) is 0 Å². The van der Waals surface area contributed by atoms with Crippen LogP contribution in [0.2, 0.25) is 0 Å². The first-order chi connectivity index (χ1) is 10.4. The van der Waals surface area contributed by atoms with Crippen molar-refractivity contribution >= 4 is 11.6 Å². The van der Waals surface area contributed by atoms with E-state index in [9.17, 15) is 18.0 Å². The molecule has 5 heteroatoms. The molecule has 0 fully saturated rings. The summed E-state index contributed by atoms with van der Waals surface area (Å²) in [5.74, 6) is -0.410. The van der Waals surface area contributed by atoms with Gasteiger partial charge in [-0.05, 0) is 66.8 Å². The minimum atomic E-state index is -4.39. The molecule has 114 valence electrons. The second kappa shape index (κ2) is 5.48. The zero-order valence-corrected chi connectivity index (χ0v) is 11.7. The average Bonchev–Trinajstić information content (AvgIpc) is 2.94. The van der Waals surface area contributed by atoms with Gasteiger partial charge in [0.2, 0.25) is 0 Å². The van der Waals surface area contributed by atoms with Crippen molar-refractivity contribution in [1.82, 2.24) is 0 Å². The lowest BCUT2D eigenvalue weighted by Crippen LogP contribution is -2.13. The van der Waals surface area contributed by atoms with Crippen LogP contribution in [0.1, 0.15) is 33.5 Å². The van der Waals surface area contributed by atoms with E-state index in [0.29, 0.717) is 5.69 Å². The monoisotopic (exact) mass is 305 g/mol. The minimum absolute atomic E-state index is 0.202. The lowest BCUT2D eigenvalue weighted by molar-refractivity contribution is -0.137. The first-order valence-electron chi connectivity index (χ1n) is 7.04. The number of rotatable bonds is 2. The number of hydrogen-bond donors (Lipinski definition) is 1. The van der Waals surface area contributed by atoms with Crippen LogP contribution in [0, 0.1) is 0 Å². The summed E-state index contributed by atoms with van der Waals surface area (Å²) in [5, 5.41) is 2.73. The van der Waals surface area contributed by atoms with Crippen LogP contribution in [0.4, 0.5) is 18.9 Å². The predicted octanol–water partition coefficient (Wildman–Crippen LogP) is 4.45. The van der Waals surface area contributed by atoms with Crippen molar-refractivity contribution in [3.63, 3.8) is 0 Å². The van der Waals surface area contributed by atoms with Gasteiger partial charge in [0.25, 0.3) is 5.91 Å². The molecule has 0 heterocycles. The number of amides is 1. The number of anilines is 1. The first kappa shape index (κ1) is 14.6. The van der Waals surface area contributed by atoms with Gasteiger partial charge in [-0.15, -0.1) is 0 Å². The van der Waals surface area contributed by atoms with E-state index < -0.39 is 17.6 Å². The van der Waals surface area contributed by atoms with Crippen LogP contribution in [-0.4, -0.2) is 5.91 Å². The first-order valence-corrected chi connectivity index (χ1v) is 7.04.